The first-order valence-electron chi connectivity index (χ1n) is 6.60. The molecule has 1 aliphatic rings. The van der Waals surface area contributed by atoms with Crippen LogP contribution in [0.2, 0.25) is 0 Å². The fraction of sp³-hybridized carbons (Fsp3) is 0.357. The summed E-state index contributed by atoms with van der Waals surface area (Å²) in [5.41, 5.74) is 0.968. The number of sulfonamides is 1. The Kier molecular flexibility index (Phi) is 3.35. The molecule has 0 N–H and O–H groups in total. The quantitative estimate of drug-likeness (QED) is 0.837. The smallest absolute Gasteiger partial charge is 0.211 e. The van der Waals surface area contributed by atoms with Crippen molar-refractivity contribution in [3.05, 3.63) is 36.4 Å². The first-order chi connectivity index (χ1) is 9.54. The van der Waals surface area contributed by atoms with E-state index >= 15 is 0 Å². The summed E-state index contributed by atoms with van der Waals surface area (Å²) in [5, 5.41) is 1.12. The predicted molar refractivity (Wildman–Crippen MR) is 80.4 cm³/mol. The Morgan fingerprint density at radius 1 is 1.00 bits per heavy atom. The Bertz CT molecular complexity index is 722. The number of fused-ring (bicyclic) bond motifs is 1. The standard InChI is InChI=1S/C14H17N3O2S/c1-20(18,19)17-10-8-16(9-11-17)14-7-6-12-4-2-3-5-13(12)15-14/h2-7H,8-11H2,1H3. The molecule has 2 aromatic rings. The van der Waals surface area contributed by atoms with Crippen LogP contribution in [0.15, 0.2) is 36.4 Å². The number of hydrogen-bond donors (Lipinski definition) is 0. The molecular formula is C14H17N3O2S. The van der Waals surface area contributed by atoms with Crippen molar-refractivity contribution in [1.29, 1.82) is 0 Å². The normalized spacial score (nSPS) is 17.6. The van der Waals surface area contributed by atoms with E-state index in [1.807, 2.05) is 30.3 Å². The van der Waals surface area contributed by atoms with E-state index < -0.39 is 10.0 Å². The van der Waals surface area contributed by atoms with E-state index in [0.29, 0.717) is 26.2 Å². The summed E-state index contributed by atoms with van der Waals surface area (Å²) in [5.74, 6) is 0.914. The van der Waals surface area contributed by atoms with Crippen molar-refractivity contribution in [2.75, 3.05) is 37.3 Å². The van der Waals surface area contributed by atoms with Crippen molar-refractivity contribution in [3.8, 4) is 0 Å². The van der Waals surface area contributed by atoms with Crippen molar-refractivity contribution in [2.24, 2.45) is 0 Å². The van der Waals surface area contributed by atoms with Crippen LogP contribution in [0.4, 0.5) is 5.82 Å². The third-order valence-electron chi connectivity index (χ3n) is 3.62. The summed E-state index contributed by atoms with van der Waals surface area (Å²) in [6.07, 6.45) is 1.26. The lowest BCUT2D eigenvalue weighted by atomic mass is 10.2. The van der Waals surface area contributed by atoms with Gasteiger partial charge in [-0.1, -0.05) is 18.2 Å². The lowest BCUT2D eigenvalue weighted by Gasteiger charge is -2.34. The number of benzene rings is 1. The van der Waals surface area contributed by atoms with Crippen molar-refractivity contribution >= 4 is 26.7 Å². The van der Waals surface area contributed by atoms with E-state index in [9.17, 15) is 8.42 Å². The van der Waals surface area contributed by atoms with E-state index in [1.54, 1.807) is 0 Å². The molecule has 0 saturated carbocycles. The van der Waals surface area contributed by atoms with Gasteiger partial charge >= 0.3 is 0 Å². The topological polar surface area (TPSA) is 53.5 Å². The largest absolute Gasteiger partial charge is 0.354 e. The lowest BCUT2D eigenvalue weighted by molar-refractivity contribution is 0.387. The van der Waals surface area contributed by atoms with Gasteiger partial charge in [-0.2, -0.15) is 4.31 Å². The van der Waals surface area contributed by atoms with Gasteiger partial charge in [0, 0.05) is 31.6 Å². The second kappa shape index (κ2) is 5.03. The number of nitrogens with zero attached hydrogens (tertiary/aromatic N) is 3. The number of anilines is 1. The molecule has 0 amide bonds. The summed E-state index contributed by atoms with van der Waals surface area (Å²) < 4.78 is 24.5. The zero-order valence-corrected chi connectivity index (χ0v) is 12.2. The minimum atomic E-state index is -3.08. The molecule has 20 heavy (non-hydrogen) atoms. The average Bonchev–Trinajstić information content (AvgIpc) is 2.46. The van der Waals surface area contributed by atoms with Gasteiger partial charge in [-0.25, -0.2) is 13.4 Å². The molecule has 0 unspecified atom stereocenters. The van der Waals surface area contributed by atoms with Gasteiger partial charge in [-0.05, 0) is 18.2 Å². The number of piperazine rings is 1. The van der Waals surface area contributed by atoms with Gasteiger partial charge in [0.1, 0.15) is 5.82 Å². The van der Waals surface area contributed by atoms with Crippen LogP contribution in [0, 0.1) is 0 Å². The molecule has 0 radical (unpaired) electrons. The third kappa shape index (κ3) is 2.62. The van der Waals surface area contributed by atoms with Gasteiger partial charge in [0.25, 0.3) is 0 Å². The van der Waals surface area contributed by atoms with Crippen molar-refractivity contribution in [3.63, 3.8) is 0 Å². The molecule has 5 nitrogen and oxygen atoms in total. The lowest BCUT2D eigenvalue weighted by Crippen LogP contribution is -2.48. The van der Waals surface area contributed by atoms with Crippen LogP contribution >= 0.6 is 0 Å². The molecule has 1 aromatic heterocycles. The maximum atomic E-state index is 11.5. The molecule has 0 spiro atoms. The zero-order chi connectivity index (χ0) is 14.2. The molecule has 1 fully saturated rings. The van der Waals surface area contributed by atoms with Crippen LogP contribution in [-0.2, 0) is 10.0 Å². The summed E-state index contributed by atoms with van der Waals surface area (Å²) >= 11 is 0. The Hall–Kier alpha value is -1.66. The van der Waals surface area contributed by atoms with Gasteiger partial charge in [0.05, 0.1) is 11.8 Å². The molecule has 1 aromatic carbocycles. The van der Waals surface area contributed by atoms with Crippen molar-refractivity contribution < 1.29 is 8.42 Å². The Labute approximate surface area is 118 Å². The van der Waals surface area contributed by atoms with Crippen molar-refractivity contribution in [1.82, 2.24) is 9.29 Å². The maximum Gasteiger partial charge on any atom is 0.211 e. The van der Waals surface area contributed by atoms with Crippen LogP contribution in [0.25, 0.3) is 10.9 Å². The minimum absolute atomic E-state index is 0.521. The fourth-order valence-electron chi connectivity index (χ4n) is 2.48. The second-order valence-electron chi connectivity index (χ2n) is 5.01. The van der Waals surface area contributed by atoms with Gasteiger partial charge in [0.15, 0.2) is 0 Å². The summed E-state index contributed by atoms with van der Waals surface area (Å²) in [6.45, 7) is 2.40. The highest BCUT2D eigenvalue weighted by atomic mass is 32.2. The van der Waals surface area contributed by atoms with Gasteiger partial charge in [-0.3, -0.25) is 0 Å². The number of aromatic nitrogens is 1. The Morgan fingerprint density at radius 3 is 2.40 bits per heavy atom. The molecule has 0 aliphatic carbocycles. The van der Waals surface area contributed by atoms with Crippen LogP contribution in [-0.4, -0.2) is 50.1 Å². The van der Waals surface area contributed by atoms with Crippen LogP contribution in [0.3, 0.4) is 0 Å². The summed E-state index contributed by atoms with van der Waals surface area (Å²) in [4.78, 5) is 6.78. The molecule has 3 rings (SSSR count). The van der Waals surface area contributed by atoms with E-state index in [0.717, 1.165) is 16.7 Å². The first kappa shape index (κ1) is 13.3. The molecular weight excluding hydrogens is 274 g/mol. The van der Waals surface area contributed by atoms with E-state index in [1.165, 1.54) is 10.6 Å². The number of rotatable bonds is 2. The molecule has 0 atom stereocenters. The number of pyridine rings is 1. The summed E-state index contributed by atoms with van der Waals surface area (Å²) in [7, 11) is -3.08. The predicted octanol–water partition coefficient (Wildman–Crippen LogP) is 1.32. The monoisotopic (exact) mass is 291 g/mol. The minimum Gasteiger partial charge on any atom is -0.354 e. The molecule has 1 aliphatic heterocycles. The van der Waals surface area contributed by atoms with Gasteiger partial charge in [0.2, 0.25) is 10.0 Å². The highest BCUT2D eigenvalue weighted by molar-refractivity contribution is 7.88. The Balaban J connectivity index is 1.80. The zero-order valence-electron chi connectivity index (χ0n) is 11.4. The van der Waals surface area contributed by atoms with E-state index in [2.05, 4.69) is 16.0 Å². The van der Waals surface area contributed by atoms with Crippen LogP contribution < -0.4 is 4.90 Å². The third-order valence-corrected chi connectivity index (χ3v) is 4.92. The molecule has 0 bridgehead atoms. The van der Waals surface area contributed by atoms with Gasteiger partial charge in [-0.15, -0.1) is 0 Å². The molecule has 106 valence electrons. The van der Waals surface area contributed by atoms with Crippen molar-refractivity contribution in [2.45, 2.75) is 0 Å². The SMILES string of the molecule is CS(=O)(=O)N1CCN(c2ccc3ccccc3n2)CC1. The second-order valence-corrected chi connectivity index (χ2v) is 6.99. The first-order valence-corrected chi connectivity index (χ1v) is 8.45. The van der Waals surface area contributed by atoms with Gasteiger partial charge < -0.3 is 4.90 Å². The van der Waals surface area contributed by atoms with E-state index in [-0.39, 0.29) is 0 Å². The highest BCUT2D eigenvalue weighted by Gasteiger charge is 2.23. The number of para-hydroxylation sites is 1. The molecule has 2 heterocycles. The number of hydrogen-bond acceptors (Lipinski definition) is 4. The fourth-order valence-corrected chi connectivity index (χ4v) is 3.31. The average molecular weight is 291 g/mol. The summed E-state index contributed by atoms with van der Waals surface area (Å²) in [6, 6.07) is 12.0. The van der Waals surface area contributed by atoms with E-state index in [4.69, 9.17) is 0 Å². The molecule has 1 saturated heterocycles. The maximum absolute atomic E-state index is 11.5. The highest BCUT2D eigenvalue weighted by Crippen LogP contribution is 2.19. The van der Waals surface area contributed by atoms with Crippen LogP contribution in [0.1, 0.15) is 0 Å². The van der Waals surface area contributed by atoms with Crippen LogP contribution in [0.5, 0.6) is 0 Å². The molecule has 6 heteroatoms. The Morgan fingerprint density at radius 2 is 1.70 bits per heavy atom.